The molecule has 0 fully saturated rings. The zero-order valence-electron chi connectivity index (χ0n) is 14.2. The van der Waals surface area contributed by atoms with Crippen molar-refractivity contribution in [1.29, 1.82) is 0 Å². The van der Waals surface area contributed by atoms with Gasteiger partial charge in [-0.3, -0.25) is 0 Å². The zero-order chi connectivity index (χ0) is 16.7. The van der Waals surface area contributed by atoms with Gasteiger partial charge in [-0.25, -0.2) is 0 Å². The summed E-state index contributed by atoms with van der Waals surface area (Å²) in [5.74, 6) is 2.45. The van der Waals surface area contributed by atoms with Crippen LogP contribution in [-0.4, -0.2) is 21.3 Å². The Hall–Kier alpha value is -2.68. The first-order chi connectivity index (χ1) is 11.7. The molecule has 0 aliphatic heterocycles. The number of hydrogen-bond acceptors (Lipinski definition) is 3. The van der Waals surface area contributed by atoms with Gasteiger partial charge in [0.05, 0.1) is 21.3 Å². The van der Waals surface area contributed by atoms with E-state index in [4.69, 9.17) is 14.2 Å². The summed E-state index contributed by atoms with van der Waals surface area (Å²) in [6.07, 6.45) is 2.08. The van der Waals surface area contributed by atoms with Crippen molar-refractivity contribution in [3.63, 3.8) is 0 Å². The minimum Gasteiger partial charge on any atom is -0.497 e. The Labute approximate surface area is 141 Å². The molecule has 4 rings (SSSR count). The van der Waals surface area contributed by atoms with Crippen LogP contribution in [0.2, 0.25) is 0 Å². The maximum atomic E-state index is 5.45. The SMILES string of the molecule is COc1ccc2c(c1)CCc1cc3cc(OC)c(OC)cc3cc1-2. The third-order valence-electron chi connectivity index (χ3n) is 4.83. The van der Waals surface area contributed by atoms with Crippen molar-refractivity contribution in [2.24, 2.45) is 0 Å². The fourth-order valence-corrected chi connectivity index (χ4v) is 3.57. The average molecular weight is 320 g/mol. The van der Waals surface area contributed by atoms with Crippen LogP contribution in [0.5, 0.6) is 17.2 Å². The molecule has 0 saturated heterocycles. The van der Waals surface area contributed by atoms with Gasteiger partial charge in [-0.05, 0) is 76.2 Å². The van der Waals surface area contributed by atoms with Crippen molar-refractivity contribution in [1.82, 2.24) is 0 Å². The van der Waals surface area contributed by atoms with Gasteiger partial charge in [-0.15, -0.1) is 0 Å². The second-order valence-corrected chi connectivity index (χ2v) is 6.09. The second kappa shape index (κ2) is 5.75. The van der Waals surface area contributed by atoms with E-state index in [1.54, 1.807) is 21.3 Å². The molecule has 3 aromatic rings. The van der Waals surface area contributed by atoms with E-state index >= 15 is 0 Å². The molecular weight excluding hydrogens is 300 g/mol. The summed E-state index contributed by atoms with van der Waals surface area (Å²) >= 11 is 0. The Bertz CT molecular complexity index is 928. The fourth-order valence-electron chi connectivity index (χ4n) is 3.57. The van der Waals surface area contributed by atoms with E-state index in [0.717, 1.165) is 35.5 Å². The molecule has 1 aliphatic carbocycles. The summed E-state index contributed by atoms with van der Waals surface area (Å²) < 4.78 is 16.2. The number of fused-ring (bicyclic) bond motifs is 4. The van der Waals surface area contributed by atoms with Crippen LogP contribution in [0.4, 0.5) is 0 Å². The van der Waals surface area contributed by atoms with Crippen LogP contribution in [0.25, 0.3) is 21.9 Å². The van der Waals surface area contributed by atoms with Crippen LogP contribution in [-0.2, 0) is 12.8 Å². The molecule has 3 heteroatoms. The molecule has 0 amide bonds. The molecule has 0 unspecified atom stereocenters. The maximum Gasteiger partial charge on any atom is 0.161 e. The molecule has 3 aromatic carbocycles. The summed E-state index contributed by atoms with van der Waals surface area (Å²) in [7, 11) is 5.06. The summed E-state index contributed by atoms with van der Waals surface area (Å²) in [5, 5.41) is 2.35. The van der Waals surface area contributed by atoms with Gasteiger partial charge in [0.15, 0.2) is 11.5 Å². The van der Waals surface area contributed by atoms with Crippen LogP contribution in [0.1, 0.15) is 11.1 Å². The van der Waals surface area contributed by atoms with Gasteiger partial charge >= 0.3 is 0 Å². The van der Waals surface area contributed by atoms with Crippen molar-refractivity contribution in [3.05, 3.63) is 53.6 Å². The van der Waals surface area contributed by atoms with E-state index in [-0.39, 0.29) is 0 Å². The first-order valence-electron chi connectivity index (χ1n) is 8.09. The summed E-state index contributed by atoms with van der Waals surface area (Å²) in [4.78, 5) is 0. The van der Waals surface area contributed by atoms with Gasteiger partial charge in [0, 0.05) is 0 Å². The van der Waals surface area contributed by atoms with Crippen molar-refractivity contribution >= 4 is 10.8 Å². The Balaban J connectivity index is 1.92. The van der Waals surface area contributed by atoms with Gasteiger partial charge in [-0.1, -0.05) is 12.1 Å². The van der Waals surface area contributed by atoms with Gasteiger partial charge in [0.2, 0.25) is 0 Å². The highest BCUT2D eigenvalue weighted by atomic mass is 16.5. The average Bonchev–Trinajstić information content (AvgIpc) is 2.64. The van der Waals surface area contributed by atoms with Crippen LogP contribution >= 0.6 is 0 Å². The Morgan fingerprint density at radius 2 is 1.25 bits per heavy atom. The summed E-state index contributed by atoms with van der Waals surface area (Å²) in [5.41, 5.74) is 5.33. The predicted octanol–water partition coefficient (Wildman–Crippen LogP) is 4.63. The van der Waals surface area contributed by atoms with E-state index in [9.17, 15) is 0 Å². The first-order valence-corrected chi connectivity index (χ1v) is 8.09. The minimum absolute atomic E-state index is 0.760. The third kappa shape index (κ3) is 2.28. The molecule has 0 heterocycles. The van der Waals surface area contributed by atoms with E-state index in [1.807, 2.05) is 12.1 Å². The highest BCUT2D eigenvalue weighted by molar-refractivity contribution is 5.92. The smallest absolute Gasteiger partial charge is 0.161 e. The summed E-state index contributed by atoms with van der Waals surface area (Å²) in [6.45, 7) is 0. The largest absolute Gasteiger partial charge is 0.497 e. The van der Waals surface area contributed by atoms with Crippen molar-refractivity contribution in [3.8, 4) is 28.4 Å². The molecule has 0 bridgehead atoms. The number of methoxy groups -OCH3 is 3. The topological polar surface area (TPSA) is 27.7 Å². The van der Waals surface area contributed by atoms with Crippen molar-refractivity contribution in [2.45, 2.75) is 12.8 Å². The van der Waals surface area contributed by atoms with Gasteiger partial charge < -0.3 is 14.2 Å². The molecule has 3 nitrogen and oxygen atoms in total. The number of hydrogen-bond donors (Lipinski definition) is 0. The van der Waals surface area contributed by atoms with Gasteiger partial charge in [-0.2, -0.15) is 0 Å². The molecule has 0 aromatic heterocycles. The molecular formula is C21H20O3. The third-order valence-corrected chi connectivity index (χ3v) is 4.83. The van der Waals surface area contributed by atoms with Gasteiger partial charge in [0.25, 0.3) is 0 Å². The quantitative estimate of drug-likeness (QED) is 0.704. The zero-order valence-corrected chi connectivity index (χ0v) is 14.2. The fraction of sp³-hybridized carbons (Fsp3) is 0.238. The predicted molar refractivity (Wildman–Crippen MR) is 96.4 cm³/mol. The molecule has 24 heavy (non-hydrogen) atoms. The maximum absolute atomic E-state index is 5.45. The van der Waals surface area contributed by atoms with Crippen LogP contribution in [0.15, 0.2) is 42.5 Å². The number of aryl methyl sites for hydroxylation is 2. The molecule has 0 saturated carbocycles. The van der Waals surface area contributed by atoms with E-state index in [0.29, 0.717) is 0 Å². The lowest BCUT2D eigenvalue weighted by molar-refractivity contribution is 0.356. The number of benzene rings is 3. The lowest BCUT2D eigenvalue weighted by atomic mass is 9.84. The first kappa shape index (κ1) is 14.9. The standard InChI is InChI=1S/C21H20O3/c1-22-17-6-7-18-14(9-17)5-4-13-8-15-11-20(23-2)21(24-3)12-16(15)10-19(13)18/h6-12H,4-5H2,1-3H3. The van der Waals surface area contributed by atoms with Crippen LogP contribution in [0.3, 0.4) is 0 Å². The lowest BCUT2D eigenvalue weighted by Crippen LogP contribution is -2.04. The van der Waals surface area contributed by atoms with Crippen molar-refractivity contribution in [2.75, 3.05) is 21.3 Å². The number of rotatable bonds is 3. The summed E-state index contributed by atoms with van der Waals surface area (Å²) in [6, 6.07) is 15.0. The van der Waals surface area contributed by atoms with Crippen molar-refractivity contribution < 1.29 is 14.2 Å². The molecule has 122 valence electrons. The molecule has 0 spiro atoms. The Morgan fingerprint density at radius 3 is 1.88 bits per heavy atom. The highest BCUT2D eigenvalue weighted by Gasteiger charge is 2.18. The van der Waals surface area contributed by atoms with Crippen LogP contribution < -0.4 is 14.2 Å². The second-order valence-electron chi connectivity index (χ2n) is 6.09. The van der Waals surface area contributed by atoms with E-state index < -0.39 is 0 Å². The monoisotopic (exact) mass is 320 g/mol. The number of ether oxygens (including phenoxy) is 3. The van der Waals surface area contributed by atoms with Crippen LogP contribution in [0, 0.1) is 0 Å². The molecule has 0 atom stereocenters. The van der Waals surface area contributed by atoms with E-state index in [1.165, 1.54) is 27.6 Å². The van der Waals surface area contributed by atoms with E-state index in [2.05, 4.69) is 30.3 Å². The Kier molecular flexibility index (Phi) is 3.57. The Morgan fingerprint density at radius 1 is 0.625 bits per heavy atom. The minimum atomic E-state index is 0.760. The lowest BCUT2D eigenvalue weighted by Gasteiger charge is -2.21. The molecule has 0 N–H and O–H groups in total. The molecule has 1 aliphatic rings. The normalized spacial score (nSPS) is 12.5. The highest BCUT2D eigenvalue weighted by Crippen LogP contribution is 2.40. The van der Waals surface area contributed by atoms with Gasteiger partial charge in [0.1, 0.15) is 5.75 Å². The molecule has 0 radical (unpaired) electrons.